The molecule has 0 radical (unpaired) electrons. The maximum atomic E-state index is 2.39. The molecule has 29 heavy (non-hydrogen) atoms. The minimum atomic E-state index is 0.495. The molecule has 0 amide bonds. The van der Waals surface area contributed by atoms with Crippen LogP contribution >= 0.6 is 0 Å². The van der Waals surface area contributed by atoms with E-state index >= 15 is 0 Å². The van der Waals surface area contributed by atoms with Crippen LogP contribution in [0, 0.1) is 6.92 Å². The molecule has 0 aliphatic carbocycles. The van der Waals surface area contributed by atoms with Crippen molar-refractivity contribution in [2.75, 3.05) is 4.90 Å². The molecule has 0 atom stereocenters. The predicted octanol–water partition coefficient (Wildman–Crippen LogP) is 8.84. The molecule has 0 N–H and O–H groups in total. The lowest BCUT2D eigenvalue weighted by atomic mass is 9.90. The van der Waals surface area contributed by atoms with E-state index in [1.54, 1.807) is 0 Å². The minimum Gasteiger partial charge on any atom is -0.310 e. The molecule has 1 heteroatoms. The zero-order chi connectivity index (χ0) is 21.1. The largest absolute Gasteiger partial charge is 0.310 e. The second-order valence-corrected chi connectivity index (χ2v) is 8.99. The van der Waals surface area contributed by atoms with Gasteiger partial charge in [-0.15, -0.1) is 0 Å². The molecular weight excluding hydrogens is 350 g/mol. The van der Waals surface area contributed by atoms with Crippen molar-refractivity contribution in [3.05, 3.63) is 89.0 Å². The van der Waals surface area contributed by atoms with Crippen LogP contribution in [0.25, 0.3) is 0 Å². The third kappa shape index (κ3) is 4.56. The summed E-state index contributed by atoms with van der Waals surface area (Å²) in [5, 5.41) is 0. The van der Waals surface area contributed by atoms with Crippen LogP contribution in [0.5, 0.6) is 0 Å². The van der Waals surface area contributed by atoms with Crippen LogP contribution < -0.4 is 4.90 Å². The van der Waals surface area contributed by atoms with E-state index in [1.165, 1.54) is 39.3 Å². The Bertz CT molecular complexity index is 951. The Balaban J connectivity index is 2.21. The fourth-order valence-corrected chi connectivity index (χ4v) is 4.14. The van der Waals surface area contributed by atoms with Crippen molar-refractivity contribution >= 4 is 17.1 Å². The van der Waals surface area contributed by atoms with Gasteiger partial charge in [-0.3, -0.25) is 0 Å². The summed E-state index contributed by atoms with van der Waals surface area (Å²) in [6, 6.07) is 24.6. The van der Waals surface area contributed by atoms with Crippen LogP contribution in [0.2, 0.25) is 0 Å². The number of anilines is 3. The van der Waals surface area contributed by atoms with Crippen LogP contribution in [0.1, 0.15) is 81.5 Å². The highest BCUT2D eigenvalue weighted by molar-refractivity contribution is 5.77. The number of benzene rings is 3. The molecule has 0 unspecified atom stereocenters. The van der Waals surface area contributed by atoms with Crippen LogP contribution in [0.3, 0.4) is 0 Å². The summed E-state index contributed by atoms with van der Waals surface area (Å²) in [4.78, 5) is 2.39. The van der Waals surface area contributed by atoms with Gasteiger partial charge in [-0.05, 0) is 83.3 Å². The average Bonchev–Trinajstić information content (AvgIpc) is 2.69. The third-order valence-corrected chi connectivity index (χ3v) is 5.73. The molecule has 3 aromatic rings. The summed E-state index contributed by atoms with van der Waals surface area (Å²) in [6.45, 7) is 15.9. The molecule has 0 fully saturated rings. The lowest BCUT2D eigenvalue weighted by Gasteiger charge is -2.28. The number of nitrogens with zero attached hydrogens (tertiary/aromatic N) is 1. The Labute approximate surface area is 177 Å². The molecule has 3 aromatic carbocycles. The quantitative estimate of drug-likeness (QED) is 0.409. The summed E-state index contributed by atoms with van der Waals surface area (Å²) in [7, 11) is 0. The predicted molar refractivity (Wildman–Crippen MR) is 128 cm³/mol. The molecule has 0 spiro atoms. The smallest absolute Gasteiger partial charge is 0.0464 e. The zero-order valence-electron chi connectivity index (χ0n) is 19.0. The highest BCUT2D eigenvalue weighted by Crippen LogP contribution is 2.39. The first kappa shape index (κ1) is 21.2. The maximum absolute atomic E-state index is 2.39. The summed E-state index contributed by atoms with van der Waals surface area (Å²) in [5.41, 5.74) is 9.29. The van der Waals surface area contributed by atoms with Gasteiger partial charge in [-0.25, -0.2) is 0 Å². The molecule has 3 rings (SSSR count). The fourth-order valence-electron chi connectivity index (χ4n) is 4.14. The van der Waals surface area contributed by atoms with Gasteiger partial charge >= 0.3 is 0 Å². The first-order valence-corrected chi connectivity index (χ1v) is 10.9. The molecule has 0 aliphatic rings. The van der Waals surface area contributed by atoms with Crippen molar-refractivity contribution in [1.29, 1.82) is 0 Å². The van der Waals surface area contributed by atoms with Gasteiger partial charge in [-0.1, -0.05) is 71.9 Å². The first-order chi connectivity index (χ1) is 13.8. The monoisotopic (exact) mass is 385 g/mol. The molecule has 0 heterocycles. The van der Waals surface area contributed by atoms with Gasteiger partial charge in [0.1, 0.15) is 0 Å². The average molecular weight is 386 g/mol. The third-order valence-electron chi connectivity index (χ3n) is 5.73. The van der Waals surface area contributed by atoms with Crippen LogP contribution in [0.15, 0.2) is 66.7 Å². The molecule has 152 valence electrons. The van der Waals surface area contributed by atoms with E-state index in [9.17, 15) is 0 Å². The van der Waals surface area contributed by atoms with Crippen LogP contribution in [-0.2, 0) is 0 Å². The normalized spacial score (nSPS) is 11.5. The lowest BCUT2D eigenvalue weighted by molar-refractivity contribution is 0.790. The molecule has 0 aliphatic heterocycles. The van der Waals surface area contributed by atoms with Gasteiger partial charge in [0.2, 0.25) is 0 Å². The molecule has 1 nitrogen and oxygen atoms in total. The molecule has 0 bridgehead atoms. The number of para-hydroxylation sites is 1. The fraction of sp³-hybridized carbons (Fsp3) is 0.357. The van der Waals surface area contributed by atoms with E-state index in [4.69, 9.17) is 0 Å². The van der Waals surface area contributed by atoms with Crippen molar-refractivity contribution in [1.82, 2.24) is 0 Å². The van der Waals surface area contributed by atoms with E-state index in [-0.39, 0.29) is 0 Å². The van der Waals surface area contributed by atoms with Crippen molar-refractivity contribution in [2.24, 2.45) is 0 Å². The Morgan fingerprint density at radius 3 is 1.59 bits per heavy atom. The number of hydrogen-bond acceptors (Lipinski definition) is 1. The Morgan fingerprint density at radius 2 is 1.03 bits per heavy atom. The molecule has 0 saturated heterocycles. The number of rotatable bonds is 6. The Morgan fingerprint density at radius 1 is 0.517 bits per heavy atom. The molecule has 0 aromatic heterocycles. The number of hydrogen-bond donors (Lipinski definition) is 0. The molecule has 0 saturated carbocycles. The number of aryl methyl sites for hydroxylation is 1. The van der Waals surface area contributed by atoms with Gasteiger partial charge in [0.15, 0.2) is 0 Å². The summed E-state index contributed by atoms with van der Waals surface area (Å²) < 4.78 is 0. The Hall–Kier alpha value is -2.54. The van der Waals surface area contributed by atoms with Gasteiger partial charge in [0.05, 0.1) is 0 Å². The van der Waals surface area contributed by atoms with Crippen molar-refractivity contribution < 1.29 is 0 Å². The first-order valence-electron chi connectivity index (χ1n) is 10.9. The van der Waals surface area contributed by atoms with E-state index in [2.05, 4.69) is 120 Å². The Kier molecular flexibility index (Phi) is 6.47. The zero-order valence-corrected chi connectivity index (χ0v) is 19.0. The van der Waals surface area contributed by atoms with Crippen LogP contribution in [-0.4, -0.2) is 0 Å². The van der Waals surface area contributed by atoms with Gasteiger partial charge < -0.3 is 4.90 Å². The van der Waals surface area contributed by atoms with Crippen molar-refractivity contribution in [3.8, 4) is 0 Å². The highest BCUT2D eigenvalue weighted by Gasteiger charge is 2.18. The van der Waals surface area contributed by atoms with Gasteiger partial charge in [0, 0.05) is 17.1 Å². The minimum absolute atomic E-state index is 0.495. The SMILES string of the molecule is Cc1ccc(N(c2ccccc2)c2ccc(C(C)C)c(C(C)C)c2)cc1C(C)C. The highest BCUT2D eigenvalue weighted by atomic mass is 15.1. The van der Waals surface area contributed by atoms with Crippen molar-refractivity contribution in [2.45, 2.75) is 66.2 Å². The van der Waals surface area contributed by atoms with E-state index in [0.717, 1.165) is 0 Å². The topological polar surface area (TPSA) is 3.24 Å². The summed E-state index contributed by atoms with van der Waals surface area (Å²) in [5.74, 6) is 1.52. The maximum Gasteiger partial charge on any atom is 0.0464 e. The van der Waals surface area contributed by atoms with Gasteiger partial charge in [0.25, 0.3) is 0 Å². The standard InChI is InChI=1S/C28H35N/c1-19(2)26-16-15-25(18-28(26)21(5)6)29(23-11-9-8-10-12-23)24-14-13-22(7)27(17-24)20(3)4/h8-21H,1-7H3. The second kappa shape index (κ2) is 8.86. The summed E-state index contributed by atoms with van der Waals surface area (Å²) >= 11 is 0. The van der Waals surface area contributed by atoms with E-state index in [1.807, 2.05) is 0 Å². The van der Waals surface area contributed by atoms with Gasteiger partial charge in [-0.2, -0.15) is 0 Å². The lowest BCUT2D eigenvalue weighted by Crippen LogP contribution is -2.12. The van der Waals surface area contributed by atoms with E-state index in [0.29, 0.717) is 17.8 Å². The second-order valence-electron chi connectivity index (χ2n) is 8.99. The summed E-state index contributed by atoms with van der Waals surface area (Å²) in [6.07, 6.45) is 0. The van der Waals surface area contributed by atoms with Crippen LogP contribution in [0.4, 0.5) is 17.1 Å². The molecular formula is C28H35N. The van der Waals surface area contributed by atoms with E-state index < -0.39 is 0 Å². The van der Waals surface area contributed by atoms with Crippen molar-refractivity contribution in [3.63, 3.8) is 0 Å².